The van der Waals surface area contributed by atoms with Crippen LogP contribution < -0.4 is 4.31 Å². The third-order valence-corrected chi connectivity index (χ3v) is 6.01. The van der Waals surface area contributed by atoms with Crippen molar-refractivity contribution in [2.24, 2.45) is 0 Å². The Balaban J connectivity index is 1.43. The second-order valence-electron chi connectivity index (χ2n) is 6.63. The molecule has 1 aromatic heterocycles. The summed E-state index contributed by atoms with van der Waals surface area (Å²) < 4.78 is 35.9. The predicted molar refractivity (Wildman–Crippen MR) is 108 cm³/mol. The summed E-state index contributed by atoms with van der Waals surface area (Å²) in [7, 11) is -3.33. The molecular formula is C20H17ClN2O5S. The number of oxazole rings is 1. The molecule has 0 radical (unpaired) electrons. The second-order valence-corrected chi connectivity index (χ2v) is 8.97. The first-order chi connectivity index (χ1) is 13.8. The fourth-order valence-electron chi connectivity index (χ4n) is 3.18. The summed E-state index contributed by atoms with van der Waals surface area (Å²) in [5, 5.41) is 0.622. The summed E-state index contributed by atoms with van der Waals surface area (Å²) in [6, 6.07) is 12.0. The number of carbonyl (C=O) groups is 1. The van der Waals surface area contributed by atoms with E-state index in [0.717, 1.165) is 11.1 Å². The molecule has 9 heteroatoms. The maximum atomic E-state index is 12.4. The third-order valence-electron chi connectivity index (χ3n) is 4.58. The van der Waals surface area contributed by atoms with E-state index in [-0.39, 0.29) is 12.5 Å². The van der Waals surface area contributed by atoms with Crippen LogP contribution in [0.1, 0.15) is 21.8 Å². The highest BCUT2D eigenvalue weighted by atomic mass is 35.5. The molecule has 1 aliphatic heterocycles. The predicted octanol–water partition coefficient (Wildman–Crippen LogP) is 3.67. The van der Waals surface area contributed by atoms with Gasteiger partial charge in [-0.15, -0.1) is 0 Å². The van der Waals surface area contributed by atoms with Crippen LogP contribution in [0.3, 0.4) is 0 Å². The van der Waals surface area contributed by atoms with E-state index < -0.39 is 16.0 Å². The average Bonchev–Trinajstić information content (AvgIpc) is 3.33. The van der Waals surface area contributed by atoms with Gasteiger partial charge in [-0.25, -0.2) is 18.2 Å². The minimum absolute atomic E-state index is 0.112. The Morgan fingerprint density at radius 1 is 1.24 bits per heavy atom. The number of hydrogen-bond donors (Lipinski definition) is 0. The highest BCUT2D eigenvalue weighted by Crippen LogP contribution is 2.31. The van der Waals surface area contributed by atoms with Crippen molar-refractivity contribution in [1.29, 1.82) is 0 Å². The van der Waals surface area contributed by atoms with Gasteiger partial charge in [0, 0.05) is 17.1 Å². The van der Waals surface area contributed by atoms with Crippen molar-refractivity contribution in [2.45, 2.75) is 13.0 Å². The Bertz CT molecular complexity index is 1170. The molecule has 150 valence electrons. The number of fused-ring (bicyclic) bond motifs is 1. The van der Waals surface area contributed by atoms with Crippen LogP contribution in [-0.2, 0) is 27.8 Å². The summed E-state index contributed by atoms with van der Waals surface area (Å²) in [4.78, 5) is 16.5. The topological polar surface area (TPSA) is 89.7 Å². The van der Waals surface area contributed by atoms with Crippen LogP contribution in [0.15, 0.2) is 53.1 Å². The van der Waals surface area contributed by atoms with Gasteiger partial charge in [0.2, 0.25) is 15.9 Å². The molecule has 0 amide bonds. The van der Waals surface area contributed by atoms with E-state index in [0.29, 0.717) is 35.0 Å². The molecule has 7 nitrogen and oxygen atoms in total. The summed E-state index contributed by atoms with van der Waals surface area (Å²) >= 11 is 5.88. The number of rotatable bonds is 5. The van der Waals surface area contributed by atoms with Gasteiger partial charge in [-0.05, 0) is 54.4 Å². The van der Waals surface area contributed by atoms with Crippen molar-refractivity contribution < 1.29 is 22.4 Å². The van der Waals surface area contributed by atoms with Crippen LogP contribution in [0.2, 0.25) is 5.02 Å². The minimum Gasteiger partial charge on any atom is -0.452 e. The molecule has 2 heterocycles. The number of carbonyl (C=O) groups excluding carboxylic acids is 1. The van der Waals surface area contributed by atoms with E-state index in [1.165, 1.54) is 10.6 Å². The van der Waals surface area contributed by atoms with Gasteiger partial charge < -0.3 is 9.15 Å². The fraction of sp³-hybridized carbons (Fsp3) is 0.200. The Hall–Kier alpha value is -2.84. The molecule has 0 bridgehead atoms. The van der Waals surface area contributed by atoms with Gasteiger partial charge >= 0.3 is 5.97 Å². The van der Waals surface area contributed by atoms with Gasteiger partial charge in [-0.3, -0.25) is 4.31 Å². The van der Waals surface area contributed by atoms with Crippen molar-refractivity contribution in [2.75, 3.05) is 17.1 Å². The number of ether oxygens (including phenoxy) is 1. The first kappa shape index (κ1) is 19.5. The standard InChI is InChI=1S/C20H17ClN2O5S/c1-29(25,26)23-9-8-14-10-15(4-7-17(14)23)20(24)27-12-19-22-11-18(28-19)13-2-5-16(21)6-3-13/h2-7,10-11H,8-9,12H2,1H3. The van der Waals surface area contributed by atoms with Crippen LogP contribution >= 0.6 is 11.6 Å². The molecule has 29 heavy (non-hydrogen) atoms. The molecule has 0 saturated heterocycles. The maximum absolute atomic E-state index is 12.4. The lowest BCUT2D eigenvalue weighted by atomic mass is 10.1. The lowest BCUT2D eigenvalue weighted by Gasteiger charge is -2.16. The largest absolute Gasteiger partial charge is 0.452 e. The van der Waals surface area contributed by atoms with Gasteiger partial charge in [0.1, 0.15) is 0 Å². The molecule has 4 rings (SSSR count). The number of esters is 1. The Labute approximate surface area is 172 Å². The molecule has 1 aliphatic rings. The Morgan fingerprint density at radius 2 is 2.00 bits per heavy atom. The summed E-state index contributed by atoms with van der Waals surface area (Å²) in [6.45, 7) is 0.259. The van der Waals surface area contributed by atoms with E-state index in [1.807, 2.05) is 12.1 Å². The van der Waals surface area contributed by atoms with Crippen LogP contribution in [0, 0.1) is 0 Å². The zero-order valence-electron chi connectivity index (χ0n) is 15.5. The molecule has 0 atom stereocenters. The van der Waals surface area contributed by atoms with Gasteiger partial charge in [0.25, 0.3) is 0 Å². The first-order valence-electron chi connectivity index (χ1n) is 8.80. The number of benzene rings is 2. The van der Waals surface area contributed by atoms with Crippen molar-refractivity contribution in [3.8, 4) is 11.3 Å². The normalized spacial score (nSPS) is 13.4. The smallest absolute Gasteiger partial charge is 0.338 e. The van der Waals surface area contributed by atoms with E-state index in [9.17, 15) is 13.2 Å². The lowest BCUT2D eigenvalue weighted by molar-refractivity contribution is 0.0439. The summed E-state index contributed by atoms with van der Waals surface area (Å²) in [5.74, 6) is 0.288. The molecule has 0 unspecified atom stereocenters. The number of halogens is 1. The molecule has 0 spiro atoms. The minimum atomic E-state index is -3.33. The SMILES string of the molecule is CS(=O)(=O)N1CCc2cc(C(=O)OCc3ncc(-c4ccc(Cl)cc4)o3)ccc21. The van der Waals surface area contributed by atoms with Crippen molar-refractivity contribution in [3.05, 3.63) is 70.7 Å². The Morgan fingerprint density at radius 3 is 2.72 bits per heavy atom. The second kappa shape index (κ2) is 7.53. The van der Waals surface area contributed by atoms with Crippen LogP contribution in [0.25, 0.3) is 11.3 Å². The highest BCUT2D eigenvalue weighted by Gasteiger charge is 2.27. The first-order valence-corrected chi connectivity index (χ1v) is 11.0. The number of nitrogens with zero attached hydrogens (tertiary/aromatic N) is 2. The van der Waals surface area contributed by atoms with Gasteiger partial charge in [0.15, 0.2) is 12.4 Å². The van der Waals surface area contributed by atoms with Crippen LogP contribution in [0.5, 0.6) is 0 Å². The van der Waals surface area contributed by atoms with Gasteiger partial charge in [-0.2, -0.15) is 0 Å². The van der Waals surface area contributed by atoms with Crippen molar-refractivity contribution >= 4 is 33.3 Å². The third kappa shape index (κ3) is 4.13. The van der Waals surface area contributed by atoms with Crippen molar-refractivity contribution in [3.63, 3.8) is 0 Å². The number of aromatic nitrogens is 1. The van der Waals surface area contributed by atoms with E-state index in [4.69, 9.17) is 20.8 Å². The van der Waals surface area contributed by atoms with Gasteiger partial charge in [-0.1, -0.05) is 11.6 Å². The summed E-state index contributed by atoms with van der Waals surface area (Å²) in [5.41, 5.74) is 2.56. The lowest BCUT2D eigenvalue weighted by Crippen LogP contribution is -2.27. The van der Waals surface area contributed by atoms with Crippen molar-refractivity contribution in [1.82, 2.24) is 4.98 Å². The summed E-state index contributed by atoms with van der Waals surface area (Å²) in [6.07, 6.45) is 3.27. The fourth-order valence-corrected chi connectivity index (χ4v) is 4.26. The molecule has 0 N–H and O–H groups in total. The zero-order chi connectivity index (χ0) is 20.6. The number of hydrogen-bond acceptors (Lipinski definition) is 6. The average molecular weight is 433 g/mol. The molecule has 3 aromatic rings. The quantitative estimate of drug-likeness (QED) is 0.571. The van der Waals surface area contributed by atoms with Crippen LogP contribution in [-0.4, -0.2) is 32.2 Å². The zero-order valence-corrected chi connectivity index (χ0v) is 17.0. The molecular weight excluding hydrogens is 416 g/mol. The molecule has 0 fully saturated rings. The van der Waals surface area contributed by atoms with E-state index >= 15 is 0 Å². The van der Waals surface area contributed by atoms with E-state index in [1.54, 1.807) is 36.5 Å². The molecule has 2 aromatic carbocycles. The monoisotopic (exact) mass is 432 g/mol. The van der Waals surface area contributed by atoms with Crippen LogP contribution in [0.4, 0.5) is 5.69 Å². The van der Waals surface area contributed by atoms with E-state index in [2.05, 4.69) is 4.98 Å². The molecule has 0 saturated carbocycles. The highest BCUT2D eigenvalue weighted by molar-refractivity contribution is 7.92. The maximum Gasteiger partial charge on any atom is 0.338 e. The Kier molecular flexibility index (Phi) is 5.06. The number of anilines is 1. The molecule has 0 aliphatic carbocycles. The van der Waals surface area contributed by atoms with Gasteiger partial charge in [0.05, 0.1) is 23.7 Å². The number of sulfonamides is 1.